The molecule has 2 aromatic carbocycles. The van der Waals surface area contributed by atoms with E-state index in [1.807, 2.05) is 0 Å². The van der Waals surface area contributed by atoms with E-state index in [1.54, 1.807) is 0 Å². The number of nitriles is 1. The van der Waals surface area contributed by atoms with Crippen molar-refractivity contribution < 1.29 is 36.2 Å². The number of nitrogens with zero attached hydrogens (tertiary/aromatic N) is 3. The lowest BCUT2D eigenvalue weighted by atomic mass is 9.75. The molecule has 3 aliphatic rings. The van der Waals surface area contributed by atoms with Crippen LogP contribution >= 0.6 is 12.2 Å². The summed E-state index contributed by atoms with van der Waals surface area (Å²) in [4.78, 5) is 16.1. The van der Waals surface area contributed by atoms with E-state index < -0.39 is 44.7 Å². The second-order valence-corrected chi connectivity index (χ2v) is 11.6. The van der Waals surface area contributed by atoms with Crippen LogP contribution in [0.4, 0.5) is 24.5 Å². The van der Waals surface area contributed by atoms with Crippen LogP contribution in [0.3, 0.4) is 0 Å². The van der Waals surface area contributed by atoms with Crippen LogP contribution in [0, 0.1) is 11.3 Å². The van der Waals surface area contributed by atoms with Crippen LogP contribution in [-0.2, 0) is 20.8 Å². The van der Waals surface area contributed by atoms with E-state index in [9.17, 15) is 31.5 Å². The third-order valence-corrected chi connectivity index (χ3v) is 9.13. The van der Waals surface area contributed by atoms with E-state index in [2.05, 4.69) is 0 Å². The average molecular weight is 552 g/mol. The van der Waals surface area contributed by atoms with Gasteiger partial charge in [0.25, 0.3) is 5.91 Å². The smallest absolute Gasteiger partial charge is 0.417 e. The Morgan fingerprint density at radius 1 is 1.19 bits per heavy atom. The van der Waals surface area contributed by atoms with Gasteiger partial charge in [0.2, 0.25) is 0 Å². The van der Waals surface area contributed by atoms with Crippen molar-refractivity contribution in [3.05, 3.63) is 47.5 Å². The van der Waals surface area contributed by atoms with Crippen molar-refractivity contribution in [3.8, 4) is 11.8 Å². The van der Waals surface area contributed by atoms with E-state index >= 15 is 0 Å². The molecule has 2 aromatic rings. The van der Waals surface area contributed by atoms with Gasteiger partial charge >= 0.3 is 6.18 Å². The molecule has 0 radical (unpaired) electrons. The quantitative estimate of drug-likeness (QED) is 0.577. The Morgan fingerprint density at radius 3 is 2.49 bits per heavy atom. The molecule has 1 atom stereocenters. The number of fused-ring (bicyclic) bond motifs is 1. The van der Waals surface area contributed by atoms with Crippen LogP contribution in [0.25, 0.3) is 0 Å². The summed E-state index contributed by atoms with van der Waals surface area (Å²) in [6.45, 7) is -0.357. The molecule has 0 bridgehead atoms. The first-order chi connectivity index (χ1) is 17.4. The summed E-state index contributed by atoms with van der Waals surface area (Å²) in [6, 6.07) is 8.79. The molecule has 1 saturated heterocycles. The highest BCUT2D eigenvalue weighted by molar-refractivity contribution is 7.91. The van der Waals surface area contributed by atoms with Crippen molar-refractivity contribution in [2.45, 2.75) is 48.4 Å². The van der Waals surface area contributed by atoms with Gasteiger partial charge in [0.1, 0.15) is 22.3 Å². The summed E-state index contributed by atoms with van der Waals surface area (Å²) in [7, 11) is -3.79. The monoisotopic (exact) mass is 551 g/mol. The number of halogens is 3. The standard InChI is InChI=1S/C24H20F3N3O5S2/c25-24(26,27)18-10-15(3-2-14(18)12-28)29-21(32)23(7-1-8-23)30(22(29)36)16-4-5-19-20(11-16)37(33,34)9-6-17(13-31)35-19/h2-5,10-11,17,31H,1,6-9,13H2. The largest absolute Gasteiger partial charge is 0.487 e. The van der Waals surface area contributed by atoms with Gasteiger partial charge in [-0.1, -0.05) is 0 Å². The molecule has 194 valence electrons. The molecule has 1 saturated carbocycles. The number of aliphatic hydroxyl groups excluding tert-OH is 1. The van der Waals surface area contributed by atoms with Gasteiger partial charge in [-0.25, -0.2) is 8.42 Å². The van der Waals surface area contributed by atoms with E-state index in [0.717, 1.165) is 17.0 Å². The second-order valence-electron chi connectivity index (χ2n) is 9.14. The normalized spacial score (nSPS) is 22.2. The third kappa shape index (κ3) is 3.94. The molecule has 5 rings (SSSR count). The number of carbonyl (C=O) groups excluding carboxylic acids is 1. The number of ether oxygens (including phenoxy) is 1. The molecule has 1 aliphatic carbocycles. The number of aliphatic hydroxyl groups is 1. The van der Waals surface area contributed by atoms with Gasteiger partial charge in [0.05, 0.1) is 35.2 Å². The second kappa shape index (κ2) is 8.68. The molecule has 2 heterocycles. The molecule has 8 nitrogen and oxygen atoms in total. The van der Waals surface area contributed by atoms with Crippen LogP contribution < -0.4 is 14.5 Å². The highest BCUT2D eigenvalue weighted by Crippen LogP contribution is 2.49. The van der Waals surface area contributed by atoms with E-state index in [-0.39, 0.29) is 40.2 Å². The van der Waals surface area contributed by atoms with Crippen molar-refractivity contribution in [2.75, 3.05) is 22.2 Å². The van der Waals surface area contributed by atoms with Crippen molar-refractivity contribution in [1.29, 1.82) is 5.26 Å². The number of anilines is 2. The molecule has 13 heteroatoms. The summed E-state index contributed by atoms with van der Waals surface area (Å²) in [6.07, 6.45) is -4.00. The molecule has 0 aromatic heterocycles. The van der Waals surface area contributed by atoms with E-state index in [1.165, 1.54) is 35.2 Å². The maximum Gasteiger partial charge on any atom is 0.417 e. The fourth-order valence-corrected chi connectivity index (χ4v) is 6.94. The number of alkyl halides is 3. The maximum atomic E-state index is 13.7. The fourth-order valence-electron chi connectivity index (χ4n) is 4.95. The maximum absolute atomic E-state index is 13.7. The number of benzene rings is 2. The number of sulfone groups is 1. The molecule has 2 fully saturated rings. The highest BCUT2D eigenvalue weighted by atomic mass is 32.2. The van der Waals surface area contributed by atoms with Crippen molar-refractivity contribution >= 4 is 44.4 Å². The van der Waals surface area contributed by atoms with Gasteiger partial charge in [-0.3, -0.25) is 9.69 Å². The van der Waals surface area contributed by atoms with Gasteiger partial charge in [-0.05, 0) is 67.9 Å². The van der Waals surface area contributed by atoms with E-state index in [0.29, 0.717) is 24.9 Å². The van der Waals surface area contributed by atoms with Crippen molar-refractivity contribution in [2.24, 2.45) is 0 Å². The van der Waals surface area contributed by atoms with E-state index in [4.69, 9.17) is 22.2 Å². The minimum Gasteiger partial charge on any atom is -0.487 e. The lowest BCUT2D eigenvalue weighted by Crippen LogP contribution is -2.55. The number of thiocarbonyl (C=S) groups is 1. The Labute approximate surface area is 215 Å². The first-order valence-corrected chi connectivity index (χ1v) is 13.4. The minimum atomic E-state index is -4.82. The van der Waals surface area contributed by atoms with Gasteiger partial charge in [0.15, 0.2) is 14.9 Å². The van der Waals surface area contributed by atoms with Crippen LogP contribution in [0.1, 0.15) is 36.8 Å². The van der Waals surface area contributed by atoms with Gasteiger partial charge in [-0.2, -0.15) is 18.4 Å². The molecule has 1 amide bonds. The summed E-state index contributed by atoms with van der Waals surface area (Å²) in [5, 5.41) is 18.5. The molecule has 2 aliphatic heterocycles. The summed E-state index contributed by atoms with van der Waals surface area (Å²) in [5.41, 5.74) is -2.78. The van der Waals surface area contributed by atoms with Gasteiger partial charge in [0, 0.05) is 12.1 Å². The Morgan fingerprint density at radius 2 is 1.89 bits per heavy atom. The van der Waals surface area contributed by atoms with Gasteiger partial charge in [-0.15, -0.1) is 0 Å². The molecular formula is C24H20F3N3O5S2. The predicted octanol–water partition coefficient (Wildman–Crippen LogP) is 3.55. The number of hydrogen-bond acceptors (Lipinski definition) is 7. The van der Waals surface area contributed by atoms with Crippen molar-refractivity contribution in [3.63, 3.8) is 0 Å². The summed E-state index contributed by atoms with van der Waals surface area (Å²) < 4.78 is 72.4. The molecule has 1 N–H and O–H groups in total. The van der Waals surface area contributed by atoms with Crippen LogP contribution in [0.2, 0.25) is 0 Å². The molecular weight excluding hydrogens is 531 g/mol. The van der Waals surface area contributed by atoms with Crippen LogP contribution in [0.15, 0.2) is 41.3 Å². The predicted molar refractivity (Wildman–Crippen MR) is 130 cm³/mol. The zero-order valence-corrected chi connectivity index (χ0v) is 20.8. The molecule has 37 heavy (non-hydrogen) atoms. The molecule has 1 spiro atoms. The number of rotatable bonds is 3. The first kappa shape index (κ1) is 25.4. The summed E-state index contributed by atoms with van der Waals surface area (Å²) in [5.74, 6) is -0.699. The van der Waals surface area contributed by atoms with Crippen LogP contribution in [-0.4, -0.2) is 48.5 Å². The Bertz CT molecular complexity index is 1460. The van der Waals surface area contributed by atoms with Crippen molar-refractivity contribution in [1.82, 2.24) is 0 Å². The van der Waals surface area contributed by atoms with Gasteiger partial charge < -0.3 is 14.7 Å². The molecule has 1 unspecified atom stereocenters. The number of hydrogen-bond donors (Lipinski definition) is 1. The Balaban J connectivity index is 1.61. The first-order valence-electron chi connectivity index (χ1n) is 11.4. The van der Waals surface area contributed by atoms with Crippen LogP contribution in [0.5, 0.6) is 5.75 Å². The summed E-state index contributed by atoms with van der Waals surface area (Å²) >= 11 is 5.60. The fraction of sp³-hybridized carbons (Fsp3) is 0.375. The number of carbonyl (C=O) groups is 1. The zero-order chi connectivity index (χ0) is 26.8. The highest BCUT2D eigenvalue weighted by Gasteiger charge is 2.60. The third-order valence-electron chi connectivity index (χ3n) is 7.01. The zero-order valence-electron chi connectivity index (χ0n) is 19.2. The topological polar surface area (TPSA) is 111 Å². The lowest BCUT2D eigenvalue weighted by Gasteiger charge is -2.43. The Hall–Kier alpha value is -3.21. The Kier molecular flexibility index (Phi) is 5.97. The lowest BCUT2D eigenvalue weighted by molar-refractivity contribution is -0.137. The number of amides is 1. The average Bonchev–Trinajstić information content (AvgIpc) is 2.98. The SMILES string of the molecule is N#Cc1ccc(N2C(=O)C3(CCC3)N(c3ccc4c(c3)S(=O)(=O)CCC(CO)O4)C2=S)cc1C(F)(F)F. The minimum absolute atomic E-state index is 0.0677.